The van der Waals surface area contributed by atoms with Gasteiger partial charge in [-0.25, -0.2) is 0 Å². The molecule has 1 aromatic rings. The standard InChI is InChI=1S/C13H24NPSi/c1-6-15(2,14-16(3,4)5)12-13-10-8-7-9-11-13/h7-11H,6,12H2,1-5H3. The second-order valence-corrected chi connectivity index (χ2v) is 14.3. The van der Waals surface area contributed by atoms with Crippen LogP contribution in [0.2, 0.25) is 19.6 Å². The van der Waals surface area contributed by atoms with Crippen LogP contribution in [0.15, 0.2) is 34.7 Å². The SMILES string of the molecule is CCP(C)(Cc1ccccc1)=N[Si](C)(C)C. The maximum atomic E-state index is 5.20. The van der Waals surface area contributed by atoms with Crippen molar-refractivity contribution >= 4 is 15.3 Å². The molecule has 1 unspecified atom stereocenters. The van der Waals surface area contributed by atoms with Crippen LogP contribution in [0, 0.1) is 0 Å². The number of hydrogen-bond donors (Lipinski definition) is 0. The lowest BCUT2D eigenvalue weighted by molar-refractivity contribution is 1.32. The summed E-state index contributed by atoms with van der Waals surface area (Å²) in [4.78, 5) is 0. The fourth-order valence-electron chi connectivity index (χ4n) is 1.92. The first-order valence-electron chi connectivity index (χ1n) is 5.97. The zero-order valence-corrected chi connectivity index (χ0v) is 13.1. The molecule has 0 aliphatic heterocycles. The van der Waals surface area contributed by atoms with Crippen molar-refractivity contribution in [1.29, 1.82) is 0 Å². The maximum absolute atomic E-state index is 5.20. The van der Waals surface area contributed by atoms with Gasteiger partial charge in [0.2, 0.25) is 0 Å². The fourth-order valence-corrected chi connectivity index (χ4v) is 9.78. The van der Waals surface area contributed by atoms with Crippen LogP contribution in [0.5, 0.6) is 0 Å². The summed E-state index contributed by atoms with van der Waals surface area (Å²) in [7, 11) is -2.40. The molecule has 0 saturated heterocycles. The van der Waals surface area contributed by atoms with E-state index in [1.807, 2.05) is 0 Å². The van der Waals surface area contributed by atoms with Crippen LogP contribution in [0.25, 0.3) is 0 Å². The van der Waals surface area contributed by atoms with Crippen molar-refractivity contribution in [3.05, 3.63) is 35.9 Å². The van der Waals surface area contributed by atoms with Crippen molar-refractivity contribution in [2.45, 2.75) is 32.7 Å². The summed E-state index contributed by atoms with van der Waals surface area (Å²) in [5, 5.41) is 0. The van der Waals surface area contributed by atoms with Gasteiger partial charge in [0.15, 0.2) is 8.24 Å². The Morgan fingerprint density at radius 2 is 1.69 bits per heavy atom. The molecule has 0 saturated carbocycles. The van der Waals surface area contributed by atoms with E-state index in [1.165, 1.54) is 17.9 Å². The molecule has 0 heterocycles. The van der Waals surface area contributed by atoms with Gasteiger partial charge in [0.05, 0.1) is 0 Å². The number of hydrogen-bond acceptors (Lipinski definition) is 1. The minimum atomic E-state index is -1.29. The van der Waals surface area contributed by atoms with Crippen molar-refractivity contribution in [1.82, 2.24) is 0 Å². The number of benzene rings is 1. The zero-order chi connectivity index (χ0) is 12.2. The molecule has 0 fully saturated rings. The molecule has 0 N–H and O–H groups in total. The van der Waals surface area contributed by atoms with Crippen LogP contribution in [0.3, 0.4) is 0 Å². The van der Waals surface area contributed by atoms with Gasteiger partial charge in [0.25, 0.3) is 0 Å². The van der Waals surface area contributed by atoms with E-state index in [1.54, 1.807) is 0 Å². The molecule has 1 rings (SSSR count). The van der Waals surface area contributed by atoms with Crippen molar-refractivity contribution in [3.8, 4) is 0 Å². The minimum Gasteiger partial charge on any atom is -0.338 e. The molecule has 1 aromatic carbocycles. The first-order chi connectivity index (χ1) is 7.35. The van der Waals surface area contributed by atoms with Gasteiger partial charge < -0.3 is 4.41 Å². The van der Waals surface area contributed by atoms with Gasteiger partial charge in [-0.2, -0.15) is 0 Å². The fraction of sp³-hybridized carbons (Fsp3) is 0.538. The lowest BCUT2D eigenvalue weighted by Gasteiger charge is -2.24. The van der Waals surface area contributed by atoms with Gasteiger partial charge >= 0.3 is 0 Å². The van der Waals surface area contributed by atoms with Crippen LogP contribution < -0.4 is 0 Å². The molecule has 0 radical (unpaired) electrons. The zero-order valence-electron chi connectivity index (χ0n) is 11.2. The average molecular weight is 253 g/mol. The van der Waals surface area contributed by atoms with Gasteiger partial charge in [-0.05, 0) is 25.4 Å². The predicted octanol–water partition coefficient (Wildman–Crippen LogP) is 4.87. The van der Waals surface area contributed by atoms with E-state index in [2.05, 4.69) is 63.6 Å². The molecular formula is C13H24NPSi. The molecule has 0 spiro atoms. The van der Waals surface area contributed by atoms with Crippen molar-refractivity contribution < 1.29 is 0 Å². The second-order valence-electron chi connectivity index (χ2n) is 5.57. The van der Waals surface area contributed by atoms with Gasteiger partial charge in [0, 0.05) is 6.16 Å². The molecule has 0 bridgehead atoms. The molecule has 0 aromatic heterocycles. The monoisotopic (exact) mass is 253 g/mol. The van der Waals surface area contributed by atoms with Crippen LogP contribution in [-0.2, 0) is 6.16 Å². The van der Waals surface area contributed by atoms with Crippen LogP contribution >= 0.6 is 7.05 Å². The maximum Gasteiger partial charge on any atom is 0.170 e. The summed E-state index contributed by atoms with van der Waals surface area (Å²) >= 11 is 0. The summed E-state index contributed by atoms with van der Waals surface area (Å²) < 4.78 is 5.20. The first-order valence-corrected chi connectivity index (χ1v) is 12.0. The van der Waals surface area contributed by atoms with Crippen molar-refractivity contribution in [2.24, 2.45) is 4.41 Å². The normalized spacial score (nSPS) is 15.6. The predicted molar refractivity (Wildman–Crippen MR) is 79.3 cm³/mol. The second kappa shape index (κ2) is 5.33. The van der Waals surface area contributed by atoms with E-state index in [4.69, 9.17) is 4.41 Å². The van der Waals surface area contributed by atoms with Crippen LogP contribution in [0.4, 0.5) is 0 Å². The molecule has 16 heavy (non-hydrogen) atoms. The number of nitrogens with zero attached hydrogens (tertiary/aromatic N) is 1. The molecule has 0 amide bonds. The van der Waals surface area contributed by atoms with Gasteiger partial charge in [-0.1, -0.05) is 56.9 Å². The molecule has 0 aliphatic rings. The molecule has 90 valence electrons. The third kappa shape index (κ3) is 4.67. The van der Waals surface area contributed by atoms with Crippen molar-refractivity contribution in [2.75, 3.05) is 12.8 Å². The Bertz CT molecular complexity index is 379. The Kier molecular flexibility index (Phi) is 4.58. The van der Waals surface area contributed by atoms with E-state index in [9.17, 15) is 0 Å². The first kappa shape index (κ1) is 13.7. The highest BCUT2D eigenvalue weighted by atomic mass is 31.2. The lowest BCUT2D eigenvalue weighted by Crippen LogP contribution is -2.16. The Morgan fingerprint density at radius 3 is 2.12 bits per heavy atom. The Labute approximate surface area is 101 Å². The Balaban J connectivity index is 2.96. The summed E-state index contributed by atoms with van der Waals surface area (Å²) in [6.45, 7) is 11.7. The summed E-state index contributed by atoms with van der Waals surface area (Å²) in [6.07, 6.45) is 2.40. The smallest absolute Gasteiger partial charge is 0.170 e. The highest BCUT2D eigenvalue weighted by molar-refractivity contribution is 7.65. The van der Waals surface area contributed by atoms with Gasteiger partial charge in [-0.3, -0.25) is 0 Å². The van der Waals surface area contributed by atoms with Crippen LogP contribution in [-0.4, -0.2) is 21.1 Å². The van der Waals surface area contributed by atoms with E-state index >= 15 is 0 Å². The van der Waals surface area contributed by atoms with E-state index in [-0.39, 0.29) is 0 Å². The van der Waals surface area contributed by atoms with E-state index in [0.717, 1.165) is 0 Å². The molecule has 1 nitrogen and oxygen atoms in total. The minimum absolute atomic E-state index is 1.11. The topological polar surface area (TPSA) is 12.4 Å². The third-order valence-corrected chi connectivity index (χ3v) is 9.33. The quantitative estimate of drug-likeness (QED) is 0.536. The largest absolute Gasteiger partial charge is 0.338 e. The summed E-state index contributed by atoms with van der Waals surface area (Å²) in [5.74, 6) is 0. The number of rotatable bonds is 4. The summed E-state index contributed by atoms with van der Waals surface area (Å²) in [5.41, 5.74) is 1.45. The van der Waals surface area contributed by atoms with Crippen molar-refractivity contribution in [3.63, 3.8) is 0 Å². The Morgan fingerprint density at radius 1 is 1.12 bits per heavy atom. The third-order valence-electron chi connectivity index (χ3n) is 2.59. The molecule has 3 heteroatoms. The van der Waals surface area contributed by atoms with E-state index in [0.29, 0.717) is 0 Å². The molecule has 0 aliphatic carbocycles. The average Bonchev–Trinajstić information content (AvgIpc) is 2.16. The lowest BCUT2D eigenvalue weighted by atomic mass is 10.2. The van der Waals surface area contributed by atoms with Gasteiger partial charge in [0.1, 0.15) is 0 Å². The summed E-state index contributed by atoms with van der Waals surface area (Å²) in [6, 6.07) is 10.8. The Hall–Kier alpha value is -0.333. The molecular weight excluding hydrogens is 229 g/mol. The molecule has 1 atom stereocenters. The van der Waals surface area contributed by atoms with Crippen LogP contribution in [0.1, 0.15) is 12.5 Å². The highest BCUT2D eigenvalue weighted by Crippen LogP contribution is 2.50. The van der Waals surface area contributed by atoms with E-state index < -0.39 is 15.3 Å². The van der Waals surface area contributed by atoms with Gasteiger partial charge in [-0.15, -0.1) is 0 Å². The highest BCUT2D eigenvalue weighted by Gasteiger charge is 2.18.